The quantitative estimate of drug-likeness (QED) is 0.320. The maximum atomic E-state index is 13.3. The van der Waals surface area contributed by atoms with E-state index in [-0.39, 0.29) is 5.43 Å². The van der Waals surface area contributed by atoms with Crippen molar-refractivity contribution in [1.82, 2.24) is 4.98 Å². The third kappa shape index (κ3) is 2.77. The van der Waals surface area contributed by atoms with Crippen molar-refractivity contribution in [3.05, 3.63) is 52.8 Å². The molecule has 0 fully saturated rings. The average Bonchev–Trinajstić information content (AvgIpc) is 2.68. The summed E-state index contributed by atoms with van der Waals surface area (Å²) in [5.74, 6) is 0.681. The molecule has 26 heavy (non-hydrogen) atoms. The number of nitrogens with two attached hydrogens (primary N) is 1. The summed E-state index contributed by atoms with van der Waals surface area (Å²) in [6.45, 7) is 1.38. The lowest BCUT2D eigenvalue weighted by molar-refractivity contribution is 0.415. The summed E-state index contributed by atoms with van der Waals surface area (Å²) in [4.78, 5) is 17.9. The van der Waals surface area contributed by atoms with E-state index in [0.29, 0.717) is 23.1 Å². The number of fused-ring (bicyclic) bond motifs is 4. The molecule has 0 amide bonds. The molecule has 132 valence electrons. The van der Waals surface area contributed by atoms with Gasteiger partial charge >= 0.3 is 0 Å². The molecule has 0 saturated carbocycles. The van der Waals surface area contributed by atoms with Crippen LogP contribution in [0.3, 0.4) is 0 Å². The van der Waals surface area contributed by atoms with Crippen LogP contribution in [0.25, 0.3) is 31.1 Å². The fourth-order valence-electron chi connectivity index (χ4n) is 3.16. The molecular weight excluding hydrogens is 346 g/mol. The molecule has 0 bridgehead atoms. The Bertz CT molecular complexity index is 1170. The predicted molar refractivity (Wildman–Crippen MR) is 110 cm³/mol. The van der Waals surface area contributed by atoms with Crippen LogP contribution in [0.5, 0.6) is 5.75 Å². The molecule has 0 saturated heterocycles. The van der Waals surface area contributed by atoms with Crippen LogP contribution in [-0.4, -0.2) is 25.2 Å². The first-order valence-electron chi connectivity index (χ1n) is 8.49. The molecule has 0 aliphatic carbocycles. The lowest BCUT2D eigenvalue weighted by atomic mass is 10.1. The van der Waals surface area contributed by atoms with Gasteiger partial charge in [0.15, 0.2) is 5.43 Å². The molecule has 0 aliphatic heterocycles. The Balaban J connectivity index is 2.06. The van der Waals surface area contributed by atoms with Gasteiger partial charge in [-0.05, 0) is 43.3 Å². The van der Waals surface area contributed by atoms with E-state index in [4.69, 9.17) is 10.5 Å². The van der Waals surface area contributed by atoms with Crippen molar-refractivity contribution in [2.24, 2.45) is 5.73 Å². The molecule has 0 aliphatic rings. The minimum Gasteiger partial charge on any atom is -0.497 e. The molecule has 4 rings (SSSR count). The normalized spacial score (nSPS) is 11.3. The van der Waals surface area contributed by atoms with E-state index >= 15 is 0 Å². The smallest absolute Gasteiger partial charge is 0.196 e. The van der Waals surface area contributed by atoms with Gasteiger partial charge in [-0.3, -0.25) is 9.78 Å². The molecule has 3 N–H and O–H groups in total. The van der Waals surface area contributed by atoms with E-state index in [9.17, 15) is 4.79 Å². The number of nitrogens with zero attached hydrogens (tertiary/aromatic N) is 1. The maximum absolute atomic E-state index is 13.3. The first-order chi connectivity index (χ1) is 12.7. The van der Waals surface area contributed by atoms with Gasteiger partial charge in [-0.2, -0.15) is 0 Å². The van der Waals surface area contributed by atoms with Gasteiger partial charge in [0.1, 0.15) is 5.75 Å². The number of ether oxygens (including phenoxy) is 1. The summed E-state index contributed by atoms with van der Waals surface area (Å²) in [6.07, 6.45) is 2.65. The molecule has 0 atom stereocenters. The number of methoxy groups -OCH3 is 1. The Morgan fingerprint density at radius 3 is 2.88 bits per heavy atom. The zero-order valence-electron chi connectivity index (χ0n) is 14.4. The van der Waals surface area contributed by atoms with Crippen LogP contribution in [0, 0.1) is 0 Å². The molecular formula is C20H19N3O2S. The summed E-state index contributed by atoms with van der Waals surface area (Å²) in [6, 6.07) is 11.5. The maximum Gasteiger partial charge on any atom is 0.196 e. The van der Waals surface area contributed by atoms with E-state index in [0.717, 1.165) is 39.0 Å². The average molecular weight is 365 g/mol. The Labute approximate surface area is 154 Å². The van der Waals surface area contributed by atoms with Gasteiger partial charge in [0.2, 0.25) is 0 Å². The monoisotopic (exact) mass is 365 g/mol. The minimum absolute atomic E-state index is 0.00752. The van der Waals surface area contributed by atoms with Crippen LogP contribution < -0.4 is 21.2 Å². The van der Waals surface area contributed by atoms with Gasteiger partial charge in [-0.25, -0.2) is 0 Å². The van der Waals surface area contributed by atoms with Gasteiger partial charge < -0.3 is 15.8 Å². The van der Waals surface area contributed by atoms with Crippen LogP contribution >= 0.6 is 11.3 Å². The van der Waals surface area contributed by atoms with Crippen molar-refractivity contribution in [1.29, 1.82) is 0 Å². The highest BCUT2D eigenvalue weighted by Gasteiger charge is 2.13. The third-order valence-electron chi connectivity index (χ3n) is 4.43. The van der Waals surface area contributed by atoms with Crippen LogP contribution in [0.1, 0.15) is 6.42 Å². The topological polar surface area (TPSA) is 77.2 Å². The first-order valence-corrected chi connectivity index (χ1v) is 9.31. The highest BCUT2D eigenvalue weighted by Crippen LogP contribution is 2.33. The molecule has 4 aromatic rings. The molecule has 5 nitrogen and oxygen atoms in total. The summed E-state index contributed by atoms with van der Waals surface area (Å²) in [5.41, 5.74) is 7.33. The lowest BCUT2D eigenvalue weighted by Crippen LogP contribution is -2.09. The number of aromatic nitrogens is 1. The van der Waals surface area contributed by atoms with Crippen molar-refractivity contribution in [2.75, 3.05) is 25.5 Å². The van der Waals surface area contributed by atoms with Gasteiger partial charge in [0.25, 0.3) is 0 Å². The van der Waals surface area contributed by atoms with E-state index in [1.165, 1.54) is 0 Å². The van der Waals surface area contributed by atoms with Crippen molar-refractivity contribution < 1.29 is 4.74 Å². The number of benzene rings is 2. The van der Waals surface area contributed by atoms with Gasteiger partial charge in [-0.15, -0.1) is 11.3 Å². The summed E-state index contributed by atoms with van der Waals surface area (Å²) < 4.78 is 7.11. The highest BCUT2D eigenvalue weighted by molar-refractivity contribution is 7.24. The molecule has 0 unspecified atom stereocenters. The van der Waals surface area contributed by atoms with E-state index < -0.39 is 0 Å². The molecule has 2 heterocycles. The van der Waals surface area contributed by atoms with Crippen molar-refractivity contribution in [3.63, 3.8) is 0 Å². The lowest BCUT2D eigenvalue weighted by Gasteiger charge is -2.11. The number of pyridine rings is 1. The molecule has 0 radical (unpaired) electrons. The number of hydrogen-bond donors (Lipinski definition) is 2. The SMILES string of the molecule is COc1ccc2sc3cnc4cccc(NCCCN)c4c3c(=O)c2c1. The Morgan fingerprint density at radius 1 is 1.19 bits per heavy atom. The second-order valence-corrected chi connectivity index (χ2v) is 7.14. The highest BCUT2D eigenvalue weighted by atomic mass is 32.1. The number of rotatable bonds is 5. The summed E-state index contributed by atoms with van der Waals surface area (Å²) in [7, 11) is 1.61. The van der Waals surface area contributed by atoms with Crippen molar-refractivity contribution in [2.45, 2.75) is 6.42 Å². The zero-order chi connectivity index (χ0) is 18.1. The standard InChI is InChI=1S/C20H19N3O2S/c1-25-12-6-7-16-13(10-12)20(24)19-17(26-16)11-23-15-5-2-4-14(18(15)19)22-9-3-8-21/h2,4-7,10-11,22H,3,8-9,21H2,1H3. The number of anilines is 1. The predicted octanol–water partition coefficient (Wildman–Crippen LogP) is 3.73. The van der Waals surface area contributed by atoms with E-state index in [1.807, 2.05) is 36.4 Å². The fourth-order valence-corrected chi connectivity index (χ4v) is 4.19. The minimum atomic E-state index is 0.00752. The fraction of sp³-hybridized carbons (Fsp3) is 0.200. The summed E-state index contributed by atoms with van der Waals surface area (Å²) >= 11 is 1.57. The molecule has 2 aromatic heterocycles. The first kappa shape index (κ1) is 16.8. The summed E-state index contributed by atoms with van der Waals surface area (Å²) in [5, 5.41) is 5.65. The Hall–Kier alpha value is -2.70. The van der Waals surface area contributed by atoms with Gasteiger partial charge in [0, 0.05) is 33.9 Å². The van der Waals surface area contributed by atoms with Crippen LogP contribution in [-0.2, 0) is 0 Å². The van der Waals surface area contributed by atoms with Crippen LogP contribution in [0.15, 0.2) is 47.4 Å². The van der Waals surface area contributed by atoms with Crippen molar-refractivity contribution in [3.8, 4) is 5.75 Å². The number of hydrogen-bond acceptors (Lipinski definition) is 6. The second kappa shape index (κ2) is 6.90. The second-order valence-electron chi connectivity index (χ2n) is 6.06. The largest absolute Gasteiger partial charge is 0.497 e. The molecule has 6 heteroatoms. The molecule has 0 spiro atoms. The molecule has 2 aromatic carbocycles. The van der Waals surface area contributed by atoms with Gasteiger partial charge in [-0.1, -0.05) is 6.07 Å². The van der Waals surface area contributed by atoms with Crippen LogP contribution in [0.2, 0.25) is 0 Å². The third-order valence-corrected chi connectivity index (χ3v) is 5.54. The van der Waals surface area contributed by atoms with E-state index in [1.54, 1.807) is 24.6 Å². The van der Waals surface area contributed by atoms with Gasteiger partial charge in [0.05, 0.1) is 22.7 Å². The Kier molecular flexibility index (Phi) is 4.44. The van der Waals surface area contributed by atoms with Crippen molar-refractivity contribution >= 4 is 48.1 Å². The number of nitrogens with one attached hydrogen (secondary N) is 1. The zero-order valence-corrected chi connectivity index (χ0v) is 15.2. The van der Waals surface area contributed by atoms with E-state index in [2.05, 4.69) is 10.3 Å². The van der Waals surface area contributed by atoms with Crippen LogP contribution in [0.4, 0.5) is 5.69 Å². The Morgan fingerprint density at radius 2 is 2.08 bits per heavy atom.